The topological polar surface area (TPSA) is 12.9 Å². The molecule has 0 radical (unpaired) electrons. The van der Waals surface area contributed by atoms with Crippen LogP contribution in [0.1, 0.15) is 0 Å². The van der Waals surface area contributed by atoms with Gasteiger partial charge in [0.1, 0.15) is 5.82 Å². The maximum Gasteiger partial charge on any atom is 0.134 e. The lowest BCUT2D eigenvalue weighted by molar-refractivity contribution is 0.629. The molecule has 0 amide bonds. The monoisotopic (exact) mass is 275 g/mol. The van der Waals surface area contributed by atoms with Crippen molar-refractivity contribution in [1.82, 2.24) is 4.98 Å². The van der Waals surface area contributed by atoms with Crippen LogP contribution in [0.4, 0.5) is 4.39 Å². The van der Waals surface area contributed by atoms with E-state index < -0.39 is 5.82 Å². The lowest BCUT2D eigenvalue weighted by Crippen LogP contribution is -1.87. The Morgan fingerprint density at radius 2 is 1.69 bits per heavy atom. The number of pyridine rings is 1. The van der Waals surface area contributed by atoms with Gasteiger partial charge in [-0.1, -0.05) is 40.9 Å². The van der Waals surface area contributed by atoms with Gasteiger partial charge in [-0.25, -0.2) is 4.39 Å². The van der Waals surface area contributed by atoms with Crippen molar-refractivity contribution in [2.24, 2.45) is 0 Å². The predicted molar refractivity (Wildman–Crippen MR) is 64.7 cm³/mol. The van der Waals surface area contributed by atoms with E-state index in [1.807, 2.05) is 0 Å². The normalized spacial score (nSPS) is 10.5. The van der Waals surface area contributed by atoms with E-state index in [1.165, 1.54) is 18.5 Å². The van der Waals surface area contributed by atoms with Gasteiger partial charge in [-0.2, -0.15) is 0 Å². The SMILES string of the molecule is Fc1ccncc1-c1ccc(Cl)c(Cl)c1Cl. The molecule has 2 aromatic rings. The maximum atomic E-state index is 13.5. The fraction of sp³-hybridized carbons (Fsp3) is 0. The first kappa shape index (κ1) is 11.6. The molecule has 0 N–H and O–H groups in total. The van der Waals surface area contributed by atoms with Gasteiger partial charge < -0.3 is 0 Å². The van der Waals surface area contributed by atoms with E-state index in [0.717, 1.165) is 0 Å². The van der Waals surface area contributed by atoms with E-state index in [9.17, 15) is 4.39 Å². The molecule has 0 atom stereocenters. The molecule has 82 valence electrons. The first-order valence-electron chi connectivity index (χ1n) is 4.34. The Bertz CT molecular complexity index is 543. The van der Waals surface area contributed by atoms with Crippen LogP contribution in [-0.2, 0) is 0 Å². The summed E-state index contributed by atoms with van der Waals surface area (Å²) in [5.41, 5.74) is 0.771. The Kier molecular flexibility index (Phi) is 3.33. The fourth-order valence-electron chi connectivity index (χ4n) is 1.31. The first-order valence-corrected chi connectivity index (χ1v) is 5.48. The molecule has 0 aliphatic rings. The van der Waals surface area contributed by atoms with Crippen LogP contribution >= 0.6 is 34.8 Å². The van der Waals surface area contributed by atoms with E-state index in [1.54, 1.807) is 12.1 Å². The molecule has 5 heteroatoms. The number of aromatic nitrogens is 1. The molecule has 16 heavy (non-hydrogen) atoms. The maximum absolute atomic E-state index is 13.5. The minimum absolute atomic E-state index is 0.212. The summed E-state index contributed by atoms with van der Waals surface area (Å²) in [5, 5.41) is 0.768. The Balaban J connectivity index is 2.66. The van der Waals surface area contributed by atoms with Gasteiger partial charge in [0.2, 0.25) is 0 Å². The lowest BCUT2D eigenvalue weighted by Gasteiger charge is -2.07. The van der Waals surface area contributed by atoms with Crippen molar-refractivity contribution in [2.75, 3.05) is 0 Å². The highest BCUT2D eigenvalue weighted by molar-refractivity contribution is 6.49. The summed E-state index contributed by atoms with van der Waals surface area (Å²) in [5.74, 6) is -0.407. The van der Waals surface area contributed by atoms with Gasteiger partial charge in [0.15, 0.2) is 0 Å². The molecule has 0 aliphatic heterocycles. The van der Waals surface area contributed by atoms with E-state index in [0.29, 0.717) is 16.1 Å². The third kappa shape index (κ3) is 2.01. The van der Waals surface area contributed by atoms with Crippen LogP contribution in [-0.4, -0.2) is 4.98 Å². The Morgan fingerprint density at radius 1 is 0.938 bits per heavy atom. The van der Waals surface area contributed by atoms with Crippen molar-refractivity contribution in [3.8, 4) is 11.1 Å². The number of hydrogen-bond acceptors (Lipinski definition) is 1. The predicted octanol–water partition coefficient (Wildman–Crippen LogP) is 4.85. The van der Waals surface area contributed by atoms with E-state index in [4.69, 9.17) is 34.8 Å². The summed E-state index contributed by atoms with van der Waals surface area (Å²) >= 11 is 17.7. The standard InChI is InChI=1S/C11H5Cl3FN/c12-8-2-1-6(10(13)11(8)14)7-5-16-4-3-9(7)15/h1-5H. The molecule has 0 aliphatic carbocycles. The van der Waals surface area contributed by atoms with Gasteiger partial charge in [-0.3, -0.25) is 4.98 Å². The van der Waals surface area contributed by atoms with Gasteiger partial charge >= 0.3 is 0 Å². The lowest BCUT2D eigenvalue weighted by atomic mass is 10.1. The highest BCUT2D eigenvalue weighted by atomic mass is 35.5. The molecule has 0 unspecified atom stereocenters. The number of rotatable bonds is 1. The van der Waals surface area contributed by atoms with Crippen LogP contribution in [0, 0.1) is 5.82 Å². The van der Waals surface area contributed by atoms with Crippen LogP contribution in [0.5, 0.6) is 0 Å². The zero-order valence-electron chi connectivity index (χ0n) is 7.85. The van der Waals surface area contributed by atoms with E-state index in [-0.39, 0.29) is 10.0 Å². The van der Waals surface area contributed by atoms with Crippen LogP contribution < -0.4 is 0 Å². The molecule has 1 nitrogen and oxygen atoms in total. The molecule has 1 aromatic heterocycles. The average molecular weight is 277 g/mol. The number of nitrogens with zero attached hydrogens (tertiary/aromatic N) is 1. The summed E-state index contributed by atoms with van der Waals surface area (Å²) in [4.78, 5) is 3.84. The third-order valence-electron chi connectivity index (χ3n) is 2.09. The highest BCUT2D eigenvalue weighted by Crippen LogP contribution is 2.38. The van der Waals surface area contributed by atoms with Gasteiger partial charge in [-0.05, 0) is 12.1 Å². The van der Waals surface area contributed by atoms with Crippen molar-refractivity contribution in [3.63, 3.8) is 0 Å². The molecule has 0 bridgehead atoms. The summed E-state index contributed by atoms with van der Waals surface area (Å²) in [6.07, 6.45) is 2.76. The van der Waals surface area contributed by atoms with Crippen molar-refractivity contribution < 1.29 is 4.39 Å². The van der Waals surface area contributed by atoms with Crippen molar-refractivity contribution in [1.29, 1.82) is 0 Å². The van der Waals surface area contributed by atoms with Gasteiger partial charge in [0.25, 0.3) is 0 Å². The minimum Gasteiger partial charge on any atom is -0.264 e. The number of benzene rings is 1. The van der Waals surface area contributed by atoms with Gasteiger partial charge in [0.05, 0.1) is 15.1 Å². The second kappa shape index (κ2) is 4.58. The molecule has 2 rings (SSSR count). The van der Waals surface area contributed by atoms with Crippen LogP contribution in [0.25, 0.3) is 11.1 Å². The van der Waals surface area contributed by atoms with Crippen molar-refractivity contribution in [3.05, 3.63) is 51.5 Å². The zero-order chi connectivity index (χ0) is 11.7. The molecule has 1 heterocycles. The second-order valence-electron chi connectivity index (χ2n) is 3.08. The van der Waals surface area contributed by atoms with Crippen molar-refractivity contribution in [2.45, 2.75) is 0 Å². The van der Waals surface area contributed by atoms with E-state index >= 15 is 0 Å². The molecular weight excluding hydrogens is 271 g/mol. The van der Waals surface area contributed by atoms with Gasteiger partial charge in [0, 0.05) is 23.5 Å². The Hall–Kier alpha value is -0.830. The highest BCUT2D eigenvalue weighted by Gasteiger charge is 2.13. The fourth-order valence-corrected chi connectivity index (χ4v) is 1.95. The number of hydrogen-bond donors (Lipinski definition) is 0. The largest absolute Gasteiger partial charge is 0.264 e. The minimum atomic E-state index is -0.407. The van der Waals surface area contributed by atoms with Crippen LogP contribution in [0.15, 0.2) is 30.6 Å². The summed E-state index contributed by atoms with van der Waals surface area (Å²) in [7, 11) is 0. The van der Waals surface area contributed by atoms with Gasteiger partial charge in [-0.15, -0.1) is 0 Å². The molecule has 0 spiro atoms. The first-order chi connectivity index (χ1) is 7.61. The van der Waals surface area contributed by atoms with Crippen LogP contribution in [0.3, 0.4) is 0 Å². The molecule has 0 saturated carbocycles. The zero-order valence-corrected chi connectivity index (χ0v) is 10.1. The van der Waals surface area contributed by atoms with Crippen molar-refractivity contribution >= 4 is 34.8 Å². The molecule has 0 saturated heterocycles. The van der Waals surface area contributed by atoms with Crippen LogP contribution in [0.2, 0.25) is 15.1 Å². The Morgan fingerprint density at radius 3 is 2.38 bits per heavy atom. The number of halogens is 4. The molecular formula is C11H5Cl3FN. The molecule has 1 aromatic carbocycles. The summed E-state index contributed by atoms with van der Waals surface area (Å²) in [6, 6.07) is 4.43. The van der Waals surface area contributed by atoms with E-state index in [2.05, 4.69) is 4.98 Å². The smallest absolute Gasteiger partial charge is 0.134 e. The quantitative estimate of drug-likeness (QED) is 0.679. The second-order valence-corrected chi connectivity index (χ2v) is 4.24. The Labute approximate surface area is 107 Å². The average Bonchev–Trinajstić information content (AvgIpc) is 2.28. The summed E-state index contributed by atoms with van der Waals surface area (Å²) in [6.45, 7) is 0. The molecule has 0 fully saturated rings. The third-order valence-corrected chi connectivity index (χ3v) is 3.39. The summed E-state index contributed by atoms with van der Waals surface area (Å²) < 4.78 is 13.5.